The molecule has 0 atom stereocenters. The minimum atomic E-state index is 0.149. The van der Waals surface area contributed by atoms with Crippen molar-refractivity contribution in [1.82, 2.24) is 9.80 Å². The van der Waals surface area contributed by atoms with Crippen LogP contribution in [-0.2, 0) is 0 Å². The van der Waals surface area contributed by atoms with E-state index in [4.69, 9.17) is 0 Å². The molecule has 0 aromatic carbocycles. The van der Waals surface area contributed by atoms with Crippen molar-refractivity contribution < 1.29 is 0 Å². The molecule has 0 unspecified atom stereocenters. The number of hydrogen-bond donors (Lipinski definition) is 1. The first-order chi connectivity index (χ1) is 4.92. The molecule has 0 bridgehead atoms. The SMILES string of the molecule is CC1N(C)CC(C)(S)CN1C. The quantitative estimate of drug-likeness (QED) is 0.545. The van der Waals surface area contributed by atoms with Gasteiger partial charge in [0.05, 0.1) is 6.17 Å². The Hall–Kier alpha value is 0.270. The summed E-state index contributed by atoms with van der Waals surface area (Å²) in [4.78, 5) is 4.66. The van der Waals surface area contributed by atoms with Gasteiger partial charge in [-0.25, -0.2) is 0 Å². The first-order valence-electron chi connectivity index (χ1n) is 4.05. The molecule has 2 nitrogen and oxygen atoms in total. The second-order valence-corrected chi connectivity index (χ2v) is 5.04. The maximum absolute atomic E-state index is 4.59. The van der Waals surface area contributed by atoms with E-state index in [1.165, 1.54) is 0 Å². The molecule has 0 aliphatic carbocycles. The average Bonchev–Trinajstić information content (AvgIpc) is 1.81. The third-order valence-electron chi connectivity index (χ3n) is 2.46. The minimum Gasteiger partial charge on any atom is -0.290 e. The van der Waals surface area contributed by atoms with E-state index in [9.17, 15) is 0 Å². The molecular formula is C8H18N2S. The largest absolute Gasteiger partial charge is 0.290 e. The van der Waals surface area contributed by atoms with E-state index in [2.05, 4.69) is 50.4 Å². The number of hydrogen-bond acceptors (Lipinski definition) is 3. The normalized spacial score (nSPS) is 42.8. The molecule has 0 N–H and O–H groups in total. The number of nitrogens with zero attached hydrogens (tertiary/aromatic N) is 2. The maximum Gasteiger partial charge on any atom is 0.0589 e. The Balaban J connectivity index is 2.62. The van der Waals surface area contributed by atoms with Crippen LogP contribution in [0, 0.1) is 0 Å². The Morgan fingerprint density at radius 2 is 1.64 bits per heavy atom. The van der Waals surface area contributed by atoms with Gasteiger partial charge < -0.3 is 0 Å². The van der Waals surface area contributed by atoms with Crippen LogP contribution in [0.3, 0.4) is 0 Å². The molecule has 11 heavy (non-hydrogen) atoms. The molecule has 1 aliphatic rings. The highest BCUT2D eigenvalue weighted by Gasteiger charge is 2.32. The summed E-state index contributed by atoms with van der Waals surface area (Å²) in [5, 5.41) is 0. The van der Waals surface area contributed by atoms with E-state index in [0.717, 1.165) is 13.1 Å². The highest BCUT2D eigenvalue weighted by molar-refractivity contribution is 7.81. The Labute approximate surface area is 75.0 Å². The molecule has 66 valence electrons. The van der Waals surface area contributed by atoms with Crippen LogP contribution in [-0.4, -0.2) is 47.9 Å². The van der Waals surface area contributed by atoms with Crippen molar-refractivity contribution in [3.8, 4) is 0 Å². The van der Waals surface area contributed by atoms with Crippen molar-refractivity contribution in [2.75, 3.05) is 27.2 Å². The fraction of sp³-hybridized carbons (Fsp3) is 1.00. The summed E-state index contributed by atoms with van der Waals surface area (Å²) in [5.41, 5.74) is 0. The lowest BCUT2D eigenvalue weighted by atomic mass is 10.1. The van der Waals surface area contributed by atoms with E-state index in [1.54, 1.807) is 0 Å². The number of rotatable bonds is 0. The average molecular weight is 174 g/mol. The molecule has 0 aromatic heterocycles. The Morgan fingerprint density at radius 1 is 1.27 bits per heavy atom. The van der Waals surface area contributed by atoms with Gasteiger partial charge in [-0.2, -0.15) is 12.6 Å². The molecule has 3 heteroatoms. The third kappa shape index (κ3) is 2.10. The van der Waals surface area contributed by atoms with Crippen molar-refractivity contribution in [3.63, 3.8) is 0 Å². The summed E-state index contributed by atoms with van der Waals surface area (Å²) < 4.78 is 0.149. The van der Waals surface area contributed by atoms with Crippen molar-refractivity contribution in [3.05, 3.63) is 0 Å². The van der Waals surface area contributed by atoms with Gasteiger partial charge in [0.1, 0.15) is 0 Å². The summed E-state index contributed by atoms with van der Waals surface area (Å²) in [6.07, 6.45) is 0.551. The maximum atomic E-state index is 4.59. The fourth-order valence-electron chi connectivity index (χ4n) is 1.73. The molecule has 0 aromatic rings. The number of thiol groups is 1. The van der Waals surface area contributed by atoms with E-state index >= 15 is 0 Å². The van der Waals surface area contributed by atoms with Crippen LogP contribution in [0.2, 0.25) is 0 Å². The first kappa shape index (κ1) is 9.36. The van der Waals surface area contributed by atoms with Gasteiger partial charge in [0, 0.05) is 17.8 Å². The molecule has 0 radical (unpaired) electrons. The fourth-order valence-corrected chi connectivity index (χ4v) is 2.17. The van der Waals surface area contributed by atoms with Crippen LogP contribution in [0.4, 0.5) is 0 Å². The van der Waals surface area contributed by atoms with Crippen LogP contribution in [0.15, 0.2) is 0 Å². The lowest BCUT2D eigenvalue weighted by Crippen LogP contribution is -2.58. The predicted octanol–water partition coefficient (Wildman–Crippen LogP) is 0.898. The molecule has 1 fully saturated rings. The zero-order valence-electron chi connectivity index (χ0n) is 7.83. The Morgan fingerprint density at radius 3 is 2.00 bits per heavy atom. The van der Waals surface area contributed by atoms with Gasteiger partial charge in [0.25, 0.3) is 0 Å². The van der Waals surface area contributed by atoms with Gasteiger partial charge in [-0.15, -0.1) is 0 Å². The van der Waals surface area contributed by atoms with Crippen LogP contribution in [0.1, 0.15) is 13.8 Å². The molecule has 0 spiro atoms. The lowest BCUT2D eigenvalue weighted by molar-refractivity contribution is 0.0386. The van der Waals surface area contributed by atoms with Crippen LogP contribution in [0.5, 0.6) is 0 Å². The smallest absolute Gasteiger partial charge is 0.0589 e. The Bertz CT molecular complexity index is 133. The van der Waals surface area contributed by atoms with E-state index < -0.39 is 0 Å². The van der Waals surface area contributed by atoms with Crippen LogP contribution >= 0.6 is 12.6 Å². The molecule has 0 amide bonds. The highest BCUT2D eigenvalue weighted by Crippen LogP contribution is 2.23. The zero-order valence-corrected chi connectivity index (χ0v) is 8.73. The summed E-state index contributed by atoms with van der Waals surface area (Å²) in [6.45, 7) is 6.56. The second-order valence-electron chi connectivity index (χ2n) is 3.96. The van der Waals surface area contributed by atoms with E-state index in [-0.39, 0.29) is 4.75 Å². The van der Waals surface area contributed by atoms with Crippen LogP contribution < -0.4 is 0 Å². The first-order valence-corrected chi connectivity index (χ1v) is 4.50. The molecule has 0 saturated carbocycles. The third-order valence-corrected chi connectivity index (χ3v) is 2.74. The summed E-state index contributed by atoms with van der Waals surface area (Å²) >= 11 is 4.59. The van der Waals surface area contributed by atoms with Crippen molar-refractivity contribution in [1.29, 1.82) is 0 Å². The second kappa shape index (κ2) is 2.96. The molecule has 1 saturated heterocycles. The molecule has 1 heterocycles. The summed E-state index contributed by atoms with van der Waals surface area (Å²) in [5.74, 6) is 0. The summed E-state index contributed by atoms with van der Waals surface area (Å²) in [6, 6.07) is 0. The Kier molecular flexibility index (Phi) is 2.52. The van der Waals surface area contributed by atoms with Crippen molar-refractivity contribution >= 4 is 12.6 Å². The van der Waals surface area contributed by atoms with E-state index in [1.807, 2.05) is 0 Å². The van der Waals surface area contributed by atoms with Gasteiger partial charge >= 0.3 is 0 Å². The van der Waals surface area contributed by atoms with Gasteiger partial charge in [-0.05, 0) is 27.9 Å². The molecular weight excluding hydrogens is 156 g/mol. The highest BCUT2D eigenvalue weighted by atomic mass is 32.1. The summed E-state index contributed by atoms with van der Waals surface area (Å²) in [7, 11) is 4.30. The van der Waals surface area contributed by atoms with Crippen molar-refractivity contribution in [2.24, 2.45) is 0 Å². The van der Waals surface area contributed by atoms with Crippen LogP contribution in [0.25, 0.3) is 0 Å². The zero-order chi connectivity index (χ0) is 8.65. The van der Waals surface area contributed by atoms with Gasteiger partial charge in [-0.1, -0.05) is 0 Å². The topological polar surface area (TPSA) is 6.48 Å². The van der Waals surface area contributed by atoms with Gasteiger partial charge in [0.15, 0.2) is 0 Å². The van der Waals surface area contributed by atoms with Gasteiger partial charge in [-0.3, -0.25) is 9.80 Å². The minimum absolute atomic E-state index is 0.149. The van der Waals surface area contributed by atoms with Crippen molar-refractivity contribution in [2.45, 2.75) is 24.8 Å². The lowest BCUT2D eigenvalue weighted by Gasteiger charge is -2.45. The predicted molar refractivity (Wildman–Crippen MR) is 52.1 cm³/mol. The standard InChI is InChI=1S/C8H18N2S/c1-7-9(3)5-8(2,11)6-10(7)4/h7,11H,5-6H2,1-4H3. The molecule has 1 aliphatic heterocycles. The monoisotopic (exact) mass is 174 g/mol. The van der Waals surface area contributed by atoms with E-state index in [0.29, 0.717) is 6.17 Å². The molecule has 1 rings (SSSR count). The van der Waals surface area contributed by atoms with Gasteiger partial charge in [0.2, 0.25) is 0 Å².